The number of nitrogens with one attached hydrogen (secondary N) is 1. The topological polar surface area (TPSA) is 90.7 Å². The molecule has 0 fully saturated rings. The smallest absolute Gasteiger partial charge is 0.241 e. The van der Waals surface area contributed by atoms with Crippen LogP contribution in [0.5, 0.6) is 11.5 Å². The SMILES string of the molecule is COc1ccc(C[C@@H](C)NCCOc2ccccc2)cc1S(N)(=O)=O. The third-order valence-corrected chi connectivity index (χ3v) is 4.62. The van der Waals surface area contributed by atoms with Gasteiger partial charge >= 0.3 is 0 Å². The molecule has 2 aromatic carbocycles. The zero-order valence-corrected chi connectivity index (χ0v) is 15.3. The van der Waals surface area contributed by atoms with Crippen LogP contribution in [0.1, 0.15) is 12.5 Å². The summed E-state index contributed by atoms with van der Waals surface area (Å²) in [5.74, 6) is 1.09. The van der Waals surface area contributed by atoms with Crippen LogP contribution in [0.2, 0.25) is 0 Å². The molecule has 0 aromatic heterocycles. The Bertz CT molecular complexity index is 779. The molecule has 1 atom stereocenters. The van der Waals surface area contributed by atoms with Gasteiger partial charge in [0.1, 0.15) is 23.0 Å². The molecule has 0 spiro atoms. The summed E-state index contributed by atoms with van der Waals surface area (Å²) in [6.07, 6.45) is 0.665. The molecule has 0 saturated carbocycles. The number of benzene rings is 2. The van der Waals surface area contributed by atoms with Gasteiger partial charge < -0.3 is 14.8 Å². The van der Waals surface area contributed by atoms with Crippen molar-refractivity contribution in [2.45, 2.75) is 24.3 Å². The fourth-order valence-electron chi connectivity index (χ4n) is 2.49. The zero-order chi connectivity index (χ0) is 18.3. The average Bonchev–Trinajstić information content (AvgIpc) is 2.59. The second-order valence-electron chi connectivity index (χ2n) is 5.75. The highest BCUT2D eigenvalue weighted by atomic mass is 32.2. The first kappa shape index (κ1) is 19.2. The second-order valence-corrected chi connectivity index (χ2v) is 7.28. The van der Waals surface area contributed by atoms with Crippen LogP contribution < -0.4 is 19.9 Å². The molecular weight excluding hydrogens is 340 g/mol. The van der Waals surface area contributed by atoms with Gasteiger partial charge in [-0.3, -0.25) is 0 Å². The maximum atomic E-state index is 11.7. The molecule has 0 bridgehead atoms. The van der Waals surface area contributed by atoms with Gasteiger partial charge in [-0.2, -0.15) is 0 Å². The Hall–Kier alpha value is -2.09. The number of nitrogens with two attached hydrogens (primary N) is 1. The van der Waals surface area contributed by atoms with Crippen LogP contribution in [0, 0.1) is 0 Å². The fraction of sp³-hybridized carbons (Fsp3) is 0.333. The predicted octanol–water partition coefficient (Wildman–Crippen LogP) is 1.94. The molecule has 25 heavy (non-hydrogen) atoms. The molecule has 136 valence electrons. The van der Waals surface area contributed by atoms with E-state index in [2.05, 4.69) is 5.32 Å². The molecule has 2 aromatic rings. The van der Waals surface area contributed by atoms with Gasteiger partial charge in [0.25, 0.3) is 0 Å². The van der Waals surface area contributed by atoms with Crippen molar-refractivity contribution >= 4 is 10.0 Å². The number of hydrogen-bond acceptors (Lipinski definition) is 5. The monoisotopic (exact) mass is 364 g/mol. The van der Waals surface area contributed by atoms with Gasteiger partial charge in [0.2, 0.25) is 10.0 Å². The lowest BCUT2D eigenvalue weighted by Gasteiger charge is -2.15. The molecule has 0 unspecified atom stereocenters. The minimum Gasteiger partial charge on any atom is -0.495 e. The van der Waals surface area contributed by atoms with E-state index in [0.717, 1.165) is 11.3 Å². The van der Waals surface area contributed by atoms with Crippen molar-refractivity contribution in [2.75, 3.05) is 20.3 Å². The summed E-state index contributed by atoms with van der Waals surface area (Å²) in [5.41, 5.74) is 0.869. The third-order valence-electron chi connectivity index (χ3n) is 3.68. The quantitative estimate of drug-likeness (QED) is 0.664. The number of sulfonamides is 1. The van der Waals surface area contributed by atoms with Crippen molar-refractivity contribution in [2.24, 2.45) is 5.14 Å². The van der Waals surface area contributed by atoms with E-state index in [1.165, 1.54) is 7.11 Å². The van der Waals surface area contributed by atoms with Gasteiger partial charge in [-0.15, -0.1) is 0 Å². The van der Waals surface area contributed by atoms with E-state index in [0.29, 0.717) is 19.6 Å². The third kappa shape index (κ3) is 6.04. The van der Waals surface area contributed by atoms with Crippen molar-refractivity contribution < 1.29 is 17.9 Å². The van der Waals surface area contributed by atoms with Gasteiger partial charge in [0.15, 0.2) is 0 Å². The van der Waals surface area contributed by atoms with Crippen LogP contribution in [-0.2, 0) is 16.4 Å². The highest BCUT2D eigenvalue weighted by molar-refractivity contribution is 7.89. The van der Waals surface area contributed by atoms with E-state index in [9.17, 15) is 8.42 Å². The van der Waals surface area contributed by atoms with E-state index in [-0.39, 0.29) is 16.7 Å². The van der Waals surface area contributed by atoms with Gasteiger partial charge in [0.05, 0.1) is 7.11 Å². The van der Waals surface area contributed by atoms with Crippen molar-refractivity contribution in [1.29, 1.82) is 0 Å². The van der Waals surface area contributed by atoms with E-state index in [4.69, 9.17) is 14.6 Å². The number of methoxy groups -OCH3 is 1. The zero-order valence-electron chi connectivity index (χ0n) is 14.4. The van der Waals surface area contributed by atoms with E-state index < -0.39 is 10.0 Å². The molecule has 6 nitrogen and oxygen atoms in total. The van der Waals surface area contributed by atoms with Crippen molar-refractivity contribution in [1.82, 2.24) is 5.32 Å². The number of rotatable bonds is 9. The van der Waals surface area contributed by atoms with Crippen LogP contribution in [0.15, 0.2) is 53.4 Å². The van der Waals surface area contributed by atoms with Gasteiger partial charge in [-0.1, -0.05) is 24.3 Å². The number of ether oxygens (including phenoxy) is 2. The molecule has 0 radical (unpaired) electrons. The maximum absolute atomic E-state index is 11.7. The molecule has 0 aliphatic heterocycles. The van der Waals surface area contributed by atoms with Crippen molar-refractivity contribution in [3.8, 4) is 11.5 Å². The largest absolute Gasteiger partial charge is 0.495 e. The summed E-state index contributed by atoms with van der Waals surface area (Å²) < 4.78 is 34.0. The Balaban J connectivity index is 1.87. The molecule has 2 rings (SSSR count). The Labute approximate surface area is 149 Å². The summed E-state index contributed by atoms with van der Waals surface area (Å²) in [4.78, 5) is 0.00658. The Kier molecular flexibility index (Phi) is 6.81. The molecule has 0 heterocycles. The Morgan fingerprint density at radius 1 is 1.16 bits per heavy atom. The molecule has 0 aliphatic carbocycles. The van der Waals surface area contributed by atoms with Gasteiger partial charge in [-0.05, 0) is 43.2 Å². The minimum atomic E-state index is -3.82. The molecule has 3 N–H and O–H groups in total. The Morgan fingerprint density at radius 3 is 2.52 bits per heavy atom. The van der Waals surface area contributed by atoms with E-state index >= 15 is 0 Å². The predicted molar refractivity (Wildman–Crippen MR) is 97.5 cm³/mol. The first-order chi connectivity index (χ1) is 11.9. The highest BCUT2D eigenvalue weighted by Gasteiger charge is 2.16. The Morgan fingerprint density at radius 2 is 1.88 bits per heavy atom. The number of hydrogen-bond donors (Lipinski definition) is 2. The van der Waals surface area contributed by atoms with Crippen LogP contribution >= 0.6 is 0 Å². The molecular formula is C18H24N2O4S. The van der Waals surface area contributed by atoms with E-state index in [1.807, 2.05) is 43.3 Å². The minimum absolute atomic E-state index is 0.00658. The molecule has 7 heteroatoms. The number of primary sulfonamides is 1. The van der Waals surface area contributed by atoms with Crippen molar-refractivity contribution in [3.05, 3.63) is 54.1 Å². The van der Waals surface area contributed by atoms with Crippen molar-refractivity contribution in [3.63, 3.8) is 0 Å². The average molecular weight is 364 g/mol. The summed E-state index contributed by atoms with van der Waals surface area (Å²) in [6, 6.07) is 14.8. The fourth-order valence-corrected chi connectivity index (χ4v) is 3.23. The standard InChI is InChI=1S/C18H24N2O4S/c1-14(20-10-11-24-16-6-4-3-5-7-16)12-15-8-9-17(23-2)18(13-15)25(19,21)22/h3-9,13-14,20H,10-12H2,1-2H3,(H2,19,21,22)/t14-/m1/s1. The lowest BCUT2D eigenvalue weighted by molar-refractivity contribution is 0.306. The van der Waals surface area contributed by atoms with E-state index in [1.54, 1.807) is 12.1 Å². The molecule has 0 aliphatic rings. The lowest BCUT2D eigenvalue weighted by atomic mass is 10.1. The summed E-state index contributed by atoms with van der Waals surface area (Å²) in [6.45, 7) is 3.27. The van der Waals surface area contributed by atoms with Crippen LogP contribution in [0.4, 0.5) is 0 Å². The van der Waals surface area contributed by atoms with Crippen LogP contribution in [0.25, 0.3) is 0 Å². The maximum Gasteiger partial charge on any atom is 0.241 e. The lowest BCUT2D eigenvalue weighted by Crippen LogP contribution is -2.31. The summed E-state index contributed by atoms with van der Waals surface area (Å²) >= 11 is 0. The number of para-hydroxylation sites is 1. The van der Waals surface area contributed by atoms with Crippen LogP contribution in [-0.4, -0.2) is 34.7 Å². The molecule has 0 amide bonds. The highest BCUT2D eigenvalue weighted by Crippen LogP contribution is 2.24. The van der Waals surface area contributed by atoms with Gasteiger partial charge in [0, 0.05) is 12.6 Å². The first-order valence-electron chi connectivity index (χ1n) is 8.01. The first-order valence-corrected chi connectivity index (χ1v) is 9.55. The summed E-state index contributed by atoms with van der Waals surface area (Å²) in [7, 11) is -2.40. The van der Waals surface area contributed by atoms with Crippen LogP contribution in [0.3, 0.4) is 0 Å². The second kappa shape index (κ2) is 8.84. The molecule has 0 saturated heterocycles. The van der Waals surface area contributed by atoms with Gasteiger partial charge in [-0.25, -0.2) is 13.6 Å². The summed E-state index contributed by atoms with van der Waals surface area (Å²) in [5, 5.41) is 8.60. The normalized spacial score (nSPS) is 12.6.